The molecular weight excluding hydrogens is 365 g/mol. The van der Waals surface area contributed by atoms with Gasteiger partial charge < -0.3 is 5.11 Å². The quantitative estimate of drug-likeness (QED) is 0.787. The minimum Gasteiger partial charge on any atom is -0.481 e. The summed E-state index contributed by atoms with van der Waals surface area (Å²) in [6.45, 7) is 3.50. The lowest BCUT2D eigenvalue weighted by Gasteiger charge is -2.26. The minimum absolute atomic E-state index is 0.0343. The maximum absolute atomic E-state index is 13.1. The van der Waals surface area contributed by atoms with E-state index in [0.717, 1.165) is 12.1 Å². The Bertz CT molecular complexity index is 619. The molecule has 0 atom stereocenters. The van der Waals surface area contributed by atoms with Crippen LogP contribution in [0.2, 0.25) is 0 Å². The van der Waals surface area contributed by atoms with Gasteiger partial charge in [-0.1, -0.05) is 0 Å². The van der Waals surface area contributed by atoms with E-state index < -0.39 is 21.8 Å². The zero-order valence-corrected chi connectivity index (χ0v) is 14.1. The molecule has 0 unspecified atom stereocenters. The molecular formula is C13H17BrFNO4S. The van der Waals surface area contributed by atoms with E-state index in [1.165, 1.54) is 10.4 Å². The van der Waals surface area contributed by atoms with Crippen molar-refractivity contribution in [3.8, 4) is 0 Å². The summed E-state index contributed by atoms with van der Waals surface area (Å²) in [5.74, 6) is -1.51. The van der Waals surface area contributed by atoms with Gasteiger partial charge in [-0.25, -0.2) is 12.8 Å². The van der Waals surface area contributed by atoms with Crippen LogP contribution in [0, 0.1) is 5.82 Å². The number of carboxylic acids is 1. The van der Waals surface area contributed by atoms with Crippen LogP contribution in [0.5, 0.6) is 0 Å². The first kappa shape index (κ1) is 18.1. The second-order valence-electron chi connectivity index (χ2n) is 4.78. The molecule has 1 N–H and O–H groups in total. The van der Waals surface area contributed by atoms with Gasteiger partial charge in [-0.15, -0.1) is 0 Å². The summed E-state index contributed by atoms with van der Waals surface area (Å²) in [4.78, 5) is 10.5. The SMILES string of the molecule is CC(C)N(CCCC(=O)O)S(=O)(=O)c1ccc(F)cc1Br. The fraction of sp³-hybridized carbons (Fsp3) is 0.462. The van der Waals surface area contributed by atoms with Crippen molar-refractivity contribution in [1.82, 2.24) is 4.31 Å². The summed E-state index contributed by atoms with van der Waals surface area (Å²) >= 11 is 3.05. The number of carbonyl (C=O) groups is 1. The van der Waals surface area contributed by atoms with Crippen molar-refractivity contribution in [2.75, 3.05) is 6.54 Å². The molecule has 0 radical (unpaired) electrons. The van der Waals surface area contributed by atoms with E-state index in [1.54, 1.807) is 13.8 Å². The highest BCUT2D eigenvalue weighted by Gasteiger charge is 2.28. The van der Waals surface area contributed by atoms with Crippen LogP contribution in [0.3, 0.4) is 0 Å². The molecule has 0 bridgehead atoms. The Morgan fingerprint density at radius 2 is 2.05 bits per heavy atom. The Morgan fingerprint density at radius 3 is 2.52 bits per heavy atom. The molecule has 21 heavy (non-hydrogen) atoms. The lowest BCUT2D eigenvalue weighted by Crippen LogP contribution is -2.38. The molecule has 0 aliphatic heterocycles. The van der Waals surface area contributed by atoms with Crippen molar-refractivity contribution in [2.45, 2.75) is 37.6 Å². The zero-order valence-electron chi connectivity index (χ0n) is 11.7. The molecule has 0 aromatic heterocycles. The van der Waals surface area contributed by atoms with Gasteiger partial charge in [0.15, 0.2) is 0 Å². The molecule has 0 fully saturated rings. The number of halogens is 2. The summed E-state index contributed by atoms with van der Waals surface area (Å²) in [6, 6.07) is 3.03. The molecule has 1 aromatic carbocycles. The van der Waals surface area contributed by atoms with Crippen LogP contribution in [0.15, 0.2) is 27.6 Å². The van der Waals surface area contributed by atoms with Crippen molar-refractivity contribution >= 4 is 31.9 Å². The minimum atomic E-state index is -3.82. The summed E-state index contributed by atoms with van der Waals surface area (Å²) < 4.78 is 39.7. The molecule has 0 saturated heterocycles. The number of hydrogen-bond acceptors (Lipinski definition) is 3. The van der Waals surface area contributed by atoms with Crippen LogP contribution < -0.4 is 0 Å². The first-order chi connectivity index (χ1) is 9.66. The van der Waals surface area contributed by atoms with Crippen molar-refractivity contribution < 1.29 is 22.7 Å². The molecule has 0 aliphatic carbocycles. The lowest BCUT2D eigenvalue weighted by atomic mass is 10.3. The van der Waals surface area contributed by atoms with Gasteiger partial charge in [-0.05, 0) is 54.4 Å². The van der Waals surface area contributed by atoms with Gasteiger partial charge in [0.25, 0.3) is 0 Å². The lowest BCUT2D eigenvalue weighted by molar-refractivity contribution is -0.137. The number of hydrogen-bond donors (Lipinski definition) is 1. The number of rotatable bonds is 7. The maximum Gasteiger partial charge on any atom is 0.303 e. The number of sulfonamides is 1. The van der Waals surface area contributed by atoms with Gasteiger partial charge in [0.1, 0.15) is 5.82 Å². The van der Waals surface area contributed by atoms with Crippen LogP contribution >= 0.6 is 15.9 Å². The van der Waals surface area contributed by atoms with Crippen molar-refractivity contribution in [1.29, 1.82) is 0 Å². The number of benzene rings is 1. The van der Waals surface area contributed by atoms with E-state index in [-0.39, 0.29) is 34.8 Å². The van der Waals surface area contributed by atoms with E-state index in [4.69, 9.17) is 5.11 Å². The Hall–Kier alpha value is -0.990. The standard InChI is InChI=1S/C13H17BrFNO4S/c1-9(2)16(7-3-4-13(17)18)21(19,20)12-6-5-10(15)8-11(12)14/h5-6,8-9H,3-4,7H2,1-2H3,(H,17,18). The monoisotopic (exact) mass is 381 g/mol. The van der Waals surface area contributed by atoms with Crippen LogP contribution in [0.1, 0.15) is 26.7 Å². The van der Waals surface area contributed by atoms with Gasteiger partial charge in [0.2, 0.25) is 10.0 Å². The number of nitrogens with zero attached hydrogens (tertiary/aromatic N) is 1. The molecule has 5 nitrogen and oxygen atoms in total. The van der Waals surface area contributed by atoms with E-state index in [9.17, 15) is 17.6 Å². The van der Waals surface area contributed by atoms with Gasteiger partial charge in [0, 0.05) is 23.5 Å². The van der Waals surface area contributed by atoms with Crippen molar-refractivity contribution in [3.05, 3.63) is 28.5 Å². The van der Waals surface area contributed by atoms with Crippen molar-refractivity contribution in [2.24, 2.45) is 0 Å². The third-order valence-electron chi connectivity index (χ3n) is 2.83. The van der Waals surface area contributed by atoms with Crippen LogP contribution in [-0.4, -0.2) is 36.4 Å². The van der Waals surface area contributed by atoms with E-state index in [0.29, 0.717) is 0 Å². The van der Waals surface area contributed by atoms with Gasteiger partial charge in [0.05, 0.1) is 4.90 Å². The molecule has 1 rings (SSSR count). The Morgan fingerprint density at radius 1 is 1.43 bits per heavy atom. The highest BCUT2D eigenvalue weighted by molar-refractivity contribution is 9.10. The third kappa shape index (κ3) is 4.76. The topological polar surface area (TPSA) is 74.7 Å². The molecule has 0 spiro atoms. The number of carboxylic acid groups (broad SMARTS) is 1. The average Bonchev–Trinajstić information content (AvgIpc) is 2.32. The van der Waals surface area contributed by atoms with Gasteiger partial charge >= 0.3 is 5.97 Å². The Kier molecular flexibility index (Phi) is 6.30. The van der Waals surface area contributed by atoms with Crippen LogP contribution in [0.25, 0.3) is 0 Å². The molecule has 0 amide bonds. The van der Waals surface area contributed by atoms with Crippen LogP contribution in [0.4, 0.5) is 4.39 Å². The highest BCUT2D eigenvalue weighted by Crippen LogP contribution is 2.27. The molecule has 0 aliphatic rings. The van der Waals surface area contributed by atoms with Crippen molar-refractivity contribution in [3.63, 3.8) is 0 Å². The fourth-order valence-corrected chi connectivity index (χ4v) is 4.54. The normalized spacial score (nSPS) is 12.1. The third-order valence-corrected chi connectivity index (χ3v) is 5.88. The first-order valence-corrected chi connectivity index (χ1v) is 8.58. The second kappa shape index (κ2) is 7.33. The molecule has 1 aromatic rings. The maximum atomic E-state index is 13.1. The van der Waals surface area contributed by atoms with E-state index in [2.05, 4.69) is 15.9 Å². The van der Waals surface area contributed by atoms with E-state index >= 15 is 0 Å². The fourth-order valence-electron chi connectivity index (χ4n) is 1.85. The van der Waals surface area contributed by atoms with E-state index in [1.807, 2.05) is 0 Å². The molecule has 118 valence electrons. The van der Waals surface area contributed by atoms with Crippen LogP contribution in [-0.2, 0) is 14.8 Å². The van der Waals surface area contributed by atoms with Gasteiger partial charge in [-0.2, -0.15) is 4.31 Å². The zero-order chi connectivity index (χ0) is 16.2. The first-order valence-electron chi connectivity index (χ1n) is 6.35. The smallest absolute Gasteiger partial charge is 0.303 e. The molecule has 0 saturated carbocycles. The predicted molar refractivity (Wildman–Crippen MR) is 80.0 cm³/mol. The largest absolute Gasteiger partial charge is 0.481 e. The summed E-state index contributed by atoms with van der Waals surface area (Å²) in [7, 11) is -3.82. The summed E-state index contributed by atoms with van der Waals surface area (Å²) in [5, 5.41) is 8.64. The van der Waals surface area contributed by atoms with Gasteiger partial charge in [-0.3, -0.25) is 4.79 Å². The Labute approximate surface area is 131 Å². The Balaban J connectivity index is 3.07. The highest BCUT2D eigenvalue weighted by atomic mass is 79.9. The number of aliphatic carboxylic acids is 1. The molecule has 0 heterocycles. The summed E-state index contributed by atoms with van der Waals surface area (Å²) in [5.41, 5.74) is 0. The predicted octanol–water partition coefficient (Wildman–Crippen LogP) is 2.85. The second-order valence-corrected chi connectivity index (χ2v) is 7.49. The summed E-state index contributed by atoms with van der Waals surface area (Å²) in [6.07, 6.45) is 0.106. The molecule has 8 heteroatoms. The average molecular weight is 382 g/mol.